The summed E-state index contributed by atoms with van der Waals surface area (Å²) in [5, 5.41) is 0. The van der Waals surface area contributed by atoms with Crippen LogP contribution in [0.5, 0.6) is 0 Å². The molecule has 0 aliphatic carbocycles. The van der Waals surface area contributed by atoms with Crippen LogP contribution in [0.1, 0.15) is 29.2 Å². The average Bonchev–Trinajstić information content (AvgIpc) is 2.55. The lowest BCUT2D eigenvalue weighted by molar-refractivity contribution is -0.0694. The van der Waals surface area contributed by atoms with Crippen LogP contribution in [-0.2, 0) is 4.74 Å². The topological polar surface area (TPSA) is 55.3 Å². The third-order valence-electron chi connectivity index (χ3n) is 3.48. The zero-order valence-corrected chi connectivity index (χ0v) is 11.8. The highest BCUT2D eigenvalue weighted by molar-refractivity contribution is 5.90. The number of nitrogens with zero attached hydrogens (tertiary/aromatic N) is 3. The standard InChI is InChI=1S/C16H17N3O2/c1-12-10-19(16(20)15-17-8-5-9-18-15)11-14(21-12)13-6-3-2-4-7-13/h2-9,12,14H,10-11H2,1H3/t12-,14+/m1/s1. The maximum Gasteiger partial charge on any atom is 0.291 e. The lowest BCUT2D eigenvalue weighted by Gasteiger charge is -2.36. The summed E-state index contributed by atoms with van der Waals surface area (Å²) < 4.78 is 5.95. The van der Waals surface area contributed by atoms with Gasteiger partial charge in [0, 0.05) is 18.9 Å². The molecule has 2 aromatic rings. The minimum Gasteiger partial charge on any atom is -0.367 e. The number of ether oxygens (including phenoxy) is 1. The monoisotopic (exact) mass is 283 g/mol. The SMILES string of the molecule is C[C@@H]1CN(C(=O)c2ncccn2)C[C@@H](c2ccccc2)O1. The summed E-state index contributed by atoms with van der Waals surface area (Å²) >= 11 is 0. The second-order valence-corrected chi connectivity index (χ2v) is 5.13. The zero-order chi connectivity index (χ0) is 14.7. The van der Waals surface area contributed by atoms with Crippen molar-refractivity contribution in [2.24, 2.45) is 0 Å². The van der Waals surface area contributed by atoms with Gasteiger partial charge < -0.3 is 9.64 Å². The van der Waals surface area contributed by atoms with E-state index in [1.54, 1.807) is 23.4 Å². The first-order valence-electron chi connectivity index (χ1n) is 7.01. The first-order chi connectivity index (χ1) is 10.2. The lowest BCUT2D eigenvalue weighted by Crippen LogP contribution is -2.46. The molecule has 1 aliphatic heterocycles. The average molecular weight is 283 g/mol. The molecule has 1 amide bonds. The highest BCUT2D eigenvalue weighted by Crippen LogP contribution is 2.25. The van der Waals surface area contributed by atoms with Crippen LogP contribution < -0.4 is 0 Å². The van der Waals surface area contributed by atoms with Crippen LogP contribution in [0, 0.1) is 0 Å². The molecule has 1 fully saturated rings. The first-order valence-corrected chi connectivity index (χ1v) is 7.01. The van der Waals surface area contributed by atoms with Crippen LogP contribution in [0.25, 0.3) is 0 Å². The Morgan fingerprint density at radius 3 is 2.57 bits per heavy atom. The number of hydrogen-bond donors (Lipinski definition) is 0. The molecular formula is C16H17N3O2. The van der Waals surface area contributed by atoms with Gasteiger partial charge in [-0.25, -0.2) is 9.97 Å². The van der Waals surface area contributed by atoms with Crippen molar-refractivity contribution in [2.75, 3.05) is 13.1 Å². The number of amides is 1. The number of carbonyl (C=O) groups is 1. The fourth-order valence-corrected chi connectivity index (χ4v) is 2.52. The van der Waals surface area contributed by atoms with Crippen molar-refractivity contribution in [1.29, 1.82) is 0 Å². The second-order valence-electron chi connectivity index (χ2n) is 5.13. The highest BCUT2D eigenvalue weighted by Gasteiger charge is 2.30. The number of hydrogen-bond acceptors (Lipinski definition) is 4. The van der Waals surface area contributed by atoms with Gasteiger partial charge in [-0.1, -0.05) is 30.3 Å². The summed E-state index contributed by atoms with van der Waals surface area (Å²) in [5.74, 6) is 0.0880. The molecule has 108 valence electrons. The van der Waals surface area contributed by atoms with Crippen LogP contribution in [-0.4, -0.2) is 40.0 Å². The van der Waals surface area contributed by atoms with E-state index in [2.05, 4.69) is 9.97 Å². The summed E-state index contributed by atoms with van der Waals surface area (Å²) in [7, 11) is 0. The molecule has 1 saturated heterocycles. The Hall–Kier alpha value is -2.27. The maximum absolute atomic E-state index is 12.5. The third kappa shape index (κ3) is 3.08. The molecule has 0 N–H and O–H groups in total. The molecule has 5 nitrogen and oxygen atoms in total. The van der Waals surface area contributed by atoms with E-state index in [1.807, 2.05) is 37.3 Å². The molecule has 0 saturated carbocycles. The van der Waals surface area contributed by atoms with E-state index in [-0.39, 0.29) is 23.9 Å². The molecule has 0 radical (unpaired) electrons. The number of rotatable bonds is 2. The predicted octanol–water partition coefficient (Wildman–Crippen LogP) is 2.08. The van der Waals surface area contributed by atoms with E-state index in [4.69, 9.17) is 4.74 Å². The number of morpholine rings is 1. The van der Waals surface area contributed by atoms with Gasteiger partial charge in [-0.05, 0) is 18.6 Å². The molecule has 2 heterocycles. The maximum atomic E-state index is 12.5. The Balaban J connectivity index is 1.79. The zero-order valence-electron chi connectivity index (χ0n) is 11.8. The summed E-state index contributed by atoms with van der Waals surface area (Å²) in [4.78, 5) is 22.3. The van der Waals surface area contributed by atoms with E-state index in [0.29, 0.717) is 13.1 Å². The number of benzene rings is 1. The van der Waals surface area contributed by atoms with Gasteiger partial charge in [0.15, 0.2) is 0 Å². The Kier molecular flexibility index (Phi) is 3.92. The lowest BCUT2D eigenvalue weighted by atomic mass is 10.1. The minimum absolute atomic E-state index is 0.0170. The second kappa shape index (κ2) is 6.01. The molecule has 3 rings (SSSR count). The van der Waals surface area contributed by atoms with E-state index in [1.165, 1.54) is 0 Å². The highest BCUT2D eigenvalue weighted by atomic mass is 16.5. The normalized spacial score (nSPS) is 22.0. The van der Waals surface area contributed by atoms with Crippen LogP contribution >= 0.6 is 0 Å². The van der Waals surface area contributed by atoms with Gasteiger partial charge in [0.1, 0.15) is 6.10 Å². The molecule has 5 heteroatoms. The fourth-order valence-electron chi connectivity index (χ4n) is 2.52. The van der Waals surface area contributed by atoms with E-state index >= 15 is 0 Å². The predicted molar refractivity (Wildman–Crippen MR) is 77.7 cm³/mol. The van der Waals surface area contributed by atoms with Crippen molar-refractivity contribution in [3.63, 3.8) is 0 Å². The Labute approximate surface area is 123 Å². The number of carbonyl (C=O) groups excluding carboxylic acids is 1. The third-order valence-corrected chi connectivity index (χ3v) is 3.48. The molecule has 0 spiro atoms. The van der Waals surface area contributed by atoms with Gasteiger partial charge in [0.25, 0.3) is 5.91 Å². The first kappa shape index (κ1) is 13.7. The minimum atomic E-state index is -0.147. The van der Waals surface area contributed by atoms with Crippen LogP contribution in [0.15, 0.2) is 48.8 Å². The molecule has 1 aliphatic rings. The van der Waals surface area contributed by atoms with Gasteiger partial charge in [-0.3, -0.25) is 4.79 Å². The molecule has 0 bridgehead atoms. The Morgan fingerprint density at radius 1 is 1.14 bits per heavy atom. The van der Waals surface area contributed by atoms with E-state index < -0.39 is 0 Å². The van der Waals surface area contributed by atoms with Crippen molar-refractivity contribution < 1.29 is 9.53 Å². The van der Waals surface area contributed by atoms with Crippen LogP contribution in [0.3, 0.4) is 0 Å². The fraction of sp³-hybridized carbons (Fsp3) is 0.312. The molecule has 1 aromatic carbocycles. The smallest absolute Gasteiger partial charge is 0.291 e. The Morgan fingerprint density at radius 2 is 1.86 bits per heavy atom. The molecule has 1 aromatic heterocycles. The van der Waals surface area contributed by atoms with Gasteiger partial charge in [0.2, 0.25) is 5.82 Å². The molecule has 0 unspecified atom stereocenters. The van der Waals surface area contributed by atoms with Crippen molar-refractivity contribution >= 4 is 5.91 Å². The molecule has 21 heavy (non-hydrogen) atoms. The summed E-state index contributed by atoms with van der Waals surface area (Å²) in [6.45, 7) is 3.05. The van der Waals surface area contributed by atoms with Crippen LogP contribution in [0.2, 0.25) is 0 Å². The summed E-state index contributed by atoms with van der Waals surface area (Å²) in [5.41, 5.74) is 1.08. The Bertz CT molecular complexity index is 603. The van der Waals surface area contributed by atoms with E-state index in [9.17, 15) is 4.79 Å². The molecular weight excluding hydrogens is 266 g/mol. The quantitative estimate of drug-likeness (QED) is 0.846. The van der Waals surface area contributed by atoms with Crippen LogP contribution in [0.4, 0.5) is 0 Å². The summed E-state index contributed by atoms with van der Waals surface area (Å²) in [6.07, 6.45) is 3.04. The van der Waals surface area contributed by atoms with Crippen molar-refractivity contribution in [2.45, 2.75) is 19.1 Å². The molecule has 2 atom stereocenters. The van der Waals surface area contributed by atoms with Crippen molar-refractivity contribution in [3.05, 3.63) is 60.2 Å². The van der Waals surface area contributed by atoms with Gasteiger partial charge >= 0.3 is 0 Å². The van der Waals surface area contributed by atoms with E-state index in [0.717, 1.165) is 5.56 Å². The summed E-state index contributed by atoms with van der Waals surface area (Å²) in [6, 6.07) is 11.7. The van der Waals surface area contributed by atoms with Gasteiger partial charge in [0.05, 0.1) is 12.6 Å². The van der Waals surface area contributed by atoms with Gasteiger partial charge in [-0.2, -0.15) is 0 Å². The van der Waals surface area contributed by atoms with Gasteiger partial charge in [-0.15, -0.1) is 0 Å². The van der Waals surface area contributed by atoms with Crippen molar-refractivity contribution in [1.82, 2.24) is 14.9 Å². The van der Waals surface area contributed by atoms with Crippen molar-refractivity contribution in [3.8, 4) is 0 Å². The number of aromatic nitrogens is 2. The largest absolute Gasteiger partial charge is 0.367 e.